The van der Waals surface area contributed by atoms with Crippen LogP contribution in [0.2, 0.25) is 0 Å². The number of aromatic nitrogens is 2. The lowest BCUT2D eigenvalue weighted by Crippen LogP contribution is -2.33. The third kappa shape index (κ3) is 3.27. The molecule has 3 nitrogen and oxygen atoms in total. The maximum atomic E-state index is 5.79. The van der Waals surface area contributed by atoms with Gasteiger partial charge in [0.25, 0.3) is 0 Å². The summed E-state index contributed by atoms with van der Waals surface area (Å²) in [4.78, 5) is 8.03. The summed E-state index contributed by atoms with van der Waals surface area (Å²) < 4.78 is 0.998. The van der Waals surface area contributed by atoms with Gasteiger partial charge in [-0.05, 0) is 36.4 Å². The van der Waals surface area contributed by atoms with Crippen LogP contribution in [0.5, 0.6) is 0 Å². The predicted octanol–water partition coefficient (Wildman–Crippen LogP) is 2.51. The molecule has 0 aliphatic heterocycles. The highest BCUT2D eigenvalue weighted by molar-refractivity contribution is 14.1. The number of hydrogen-bond donors (Lipinski definition) is 1. The zero-order valence-electron chi connectivity index (χ0n) is 7.51. The zero-order chi connectivity index (χ0) is 9.90. The van der Waals surface area contributed by atoms with E-state index in [1.54, 1.807) is 6.20 Å². The number of nitrogens with one attached hydrogen (secondary N) is 1. The first-order valence-electron chi connectivity index (χ1n) is 3.85. The average molecular weight is 312 g/mol. The first-order valence-corrected chi connectivity index (χ1v) is 5.46. The van der Waals surface area contributed by atoms with Gasteiger partial charge in [0.15, 0.2) is 0 Å². The molecule has 0 bridgehead atoms. The summed E-state index contributed by atoms with van der Waals surface area (Å²) in [5, 5.41) is 3.25. The second kappa shape index (κ2) is 4.41. The molecular weight excluding hydrogens is 300 g/mol. The molecule has 0 atom stereocenters. The first-order chi connectivity index (χ1) is 6.05. The van der Waals surface area contributed by atoms with Crippen LogP contribution in [0.4, 0.5) is 5.82 Å². The molecule has 0 unspecified atom stereocenters. The molecule has 1 heterocycles. The van der Waals surface area contributed by atoms with E-state index in [9.17, 15) is 0 Å². The van der Waals surface area contributed by atoms with Crippen molar-refractivity contribution in [1.82, 2.24) is 9.97 Å². The molecule has 13 heavy (non-hydrogen) atoms. The molecule has 1 aromatic heterocycles. The van der Waals surface area contributed by atoms with Crippen LogP contribution in [-0.2, 0) is 0 Å². The Kier molecular flexibility index (Phi) is 3.73. The number of anilines is 1. The number of alkyl halides is 1. The van der Waals surface area contributed by atoms with Gasteiger partial charge >= 0.3 is 0 Å². The van der Waals surface area contributed by atoms with E-state index in [4.69, 9.17) is 11.6 Å². The highest BCUT2D eigenvalue weighted by atomic mass is 127. The maximum absolute atomic E-state index is 5.79. The summed E-state index contributed by atoms with van der Waals surface area (Å²) in [6.07, 6.45) is 3.29. The van der Waals surface area contributed by atoms with Gasteiger partial charge in [0, 0.05) is 17.6 Å². The number of nitrogens with zero attached hydrogens (tertiary/aromatic N) is 2. The Balaban J connectivity index is 2.80. The third-order valence-electron chi connectivity index (χ3n) is 1.46. The highest BCUT2D eigenvalue weighted by Crippen LogP contribution is 2.18. The van der Waals surface area contributed by atoms with Gasteiger partial charge in [0.2, 0.25) is 0 Å². The van der Waals surface area contributed by atoms with Gasteiger partial charge in [-0.3, -0.25) is 0 Å². The standard InChI is InChI=1S/C8H11ClIN3/c1-8(2,4-9)13-7-6(10)3-11-5-12-7/h3,5H,4H2,1-2H3,(H,11,12,13). The Morgan fingerprint density at radius 3 is 2.85 bits per heavy atom. The van der Waals surface area contributed by atoms with Crippen molar-refractivity contribution in [2.75, 3.05) is 11.2 Å². The molecule has 0 spiro atoms. The Morgan fingerprint density at radius 2 is 2.31 bits per heavy atom. The van der Waals surface area contributed by atoms with Crippen LogP contribution in [0.25, 0.3) is 0 Å². The van der Waals surface area contributed by atoms with Crippen LogP contribution in [0.15, 0.2) is 12.5 Å². The molecule has 0 aliphatic carbocycles. The molecule has 1 rings (SSSR count). The average Bonchev–Trinajstić information content (AvgIpc) is 2.09. The Morgan fingerprint density at radius 1 is 1.62 bits per heavy atom. The van der Waals surface area contributed by atoms with Crippen molar-refractivity contribution in [2.24, 2.45) is 0 Å². The molecule has 0 aliphatic rings. The Labute approximate surface area is 96.4 Å². The van der Waals surface area contributed by atoms with Gasteiger partial charge in [0.05, 0.1) is 3.57 Å². The van der Waals surface area contributed by atoms with Gasteiger partial charge in [-0.15, -0.1) is 11.6 Å². The second-order valence-electron chi connectivity index (χ2n) is 3.36. The number of halogens is 2. The van der Waals surface area contributed by atoms with E-state index in [0.717, 1.165) is 9.39 Å². The number of rotatable bonds is 3. The van der Waals surface area contributed by atoms with Crippen molar-refractivity contribution < 1.29 is 0 Å². The molecule has 0 saturated carbocycles. The first kappa shape index (κ1) is 11.0. The SMILES string of the molecule is CC(C)(CCl)Nc1ncncc1I. The summed E-state index contributed by atoms with van der Waals surface area (Å²) in [6.45, 7) is 4.05. The van der Waals surface area contributed by atoms with E-state index in [2.05, 4.69) is 37.9 Å². The van der Waals surface area contributed by atoms with Gasteiger partial charge < -0.3 is 5.32 Å². The van der Waals surface area contributed by atoms with Crippen LogP contribution in [0.1, 0.15) is 13.8 Å². The molecule has 0 fully saturated rings. The molecule has 5 heteroatoms. The minimum atomic E-state index is -0.143. The van der Waals surface area contributed by atoms with Crippen molar-refractivity contribution in [3.8, 4) is 0 Å². The fourth-order valence-corrected chi connectivity index (χ4v) is 1.26. The van der Waals surface area contributed by atoms with Crippen molar-refractivity contribution >= 4 is 40.0 Å². The van der Waals surface area contributed by atoms with Crippen molar-refractivity contribution in [3.05, 3.63) is 16.1 Å². The molecule has 1 aromatic rings. The Hall–Kier alpha value is -0.100. The fraction of sp³-hybridized carbons (Fsp3) is 0.500. The summed E-state index contributed by atoms with van der Waals surface area (Å²) in [7, 11) is 0. The van der Waals surface area contributed by atoms with Crippen molar-refractivity contribution in [3.63, 3.8) is 0 Å². The summed E-state index contributed by atoms with van der Waals surface area (Å²) in [6, 6.07) is 0. The normalized spacial score (nSPS) is 11.4. The molecular formula is C8H11ClIN3. The van der Waals surface area contributed by atoms with Crippen molar-refractivity contribution in [1.29, 1.82) is 0 Å². The minimum absolute atomic E-state index is 0.143. The van der Waals surface area contributed by atoms with E-state index in [0.29, 0.717) is 5.88 Å². The van der Waals surface area contributed by atoms with Crippen molar-refractivity contribution in [2.45, 2.75) is 19.4 Å². The molecule has 0 radical (unpaired) electrons. The zero-order valence-corrected chi connectivity index (χ0v) is 10.4. The lowest BCUT2D eigenvalue weighted by atomic mass is 10.1. The van der Waals surface area contributed by atoms with Crippen LogP contribution in [0.3, 0.4) is 0 Å². The largest absolute Gasteiger partial charge is 0.363 e. The number of hydrogen-bond acceptors (Lipinski definition) is 3. The molecule has 0 amide bonds. The van der Waals surface area contributed by atoms with E-state index >= 15 is 0 Å². The Bertz CT molecular complexity index is 290. The topological polar surface area (TPSA) is 37.8 Å². The smallest absolute Gasteiger partial charge is 0.143 e. The third-order valence-corrected chi connectivity index (χ3v) is 2.92. The molecule has 0 saturated heterocycles. The fourth-order valence-electron chi connectivity index (χ4n) is 0.759. The predicted molar refractivity (Wildman–Crippen MR) is 63.2 cm³/mol. The van der Waals surface area contributed by atoms with E-state index in [1.807, 2.05) is 13.8 Å². The molecule has 0 aromatic carbocycles. The quantitative estimate of drug-likeness (QED) is 0.688. The molecule has 72 valence electrons. The minimum Gasteiger partial charge on any atom is -0.363 e. The van der Waals surface area contributed by atoms with Gasteiger partial charge in [-0.1, -0.05) is 0 Å². The van der Waals surface area contributed by atoms with Gasteiger partial charge in [-0.25, -0.2) is 9.97 Å². The van der Waals surface area contributed by atoms with Crippen LogP contribution in [-0.4, -0.2) is 21.4 Å². The maximum Gasteiger partial charge on any atom is 0.143 e. The van der Waals surface area contributed by atoms with Crippen LogP contribution >= 0.6 is 34.2 Å². The van der Waals surface area contributed by atoms with Crippen LogP contribution < -0.4 is 5.32 Å². The van der Waals surface area contributed by atoms with Gasteiger partial charge in [-0.2, -0.15) is 0 Å². The van der Waals surface area contributed by atoms with E-state index in [1.165, 1.54) is 6.33 Å². The summed E-state index contributed by atoms with van der Waals surface area (Å²) >= 11 is 7.97. The second-order valence-corrected chi connectivity index (χ2v) is 4.79. The summed E-state index contributed by atoms with van der Waals surface area (Å²) in [5.41, 5.74) is -0.143. The van der Waals surface area contributed by atoms with Crippen LogP contribution in [0, 0.1) is 3.57 Å². The monoisotopic (exact) mass is 311 g/mol. The highest BCUT2D eigenvalue weighted by Gasteiger charge is 2.17. The van der Waals surface area contributed by atoms with Gasteiger partial charge in [0.1, 0.15) is 12.1 Å². The summed E-state index contributed by atoms with van der Waals surface area (Å²) in [5.74, 6) is 1.37. The lowest BCUT2D eigenvalue weighted by Gasteiger charge is -2.24. The van der Waals surface area contributed by atoms with E-state index in [-0.39, 0.29) is 5.54 Å². The lowest BCUT2D eigenvalue weighted by molar-refractivity contribution is 0.636. The molecule has 1 N–H and O–H groups in total. The van der Waals surface area contributed by atoms with E-state index < -0.39 is 0 Å².